The molecule has 0 fully saturated rings. The van der Waals surface area contributed by atoms with Gasteiger partial charge < -0.3 is 5.32 Å². The molecule has 2 aromatic carbocycles. The summed E-state index contributed by atoms with van der Waals surface area (Å²) in [6, 6.07) is 14.7. The lowest BCUT2D eigenvalue weighted by Gasteiger charge is -2.22. The first-order valence-electron chi connectivity index (χ1n) is 7.87. The van der Waals surface area contributed by atoms with Crippen molar-refractivity contribution in [1.82, 2.24) is 10.0 Å². The van der Waals surface area contributed by atoms with Gasteiger partial charge in [-0.3, -0.25) is 4.79 Å². The lowest BCUT2D eigenvalue weighted by molar-refractivity contribution is 0.0935. The number of nitrogens with one attached hydrogen (secondary N) is 2. The lowest BCUT2D eigenvalue weighted by atomic mass is 9.94. The van der Waals surface area contributed by atoms with Gasteiger partial charge in [-0.05, 0) is 30.2 Å². The molecule has 1 aliphatic heterocycles. The molecule has 2 N–H and O–H groups in total. The molecule has 2 atom stereocenters. The van der Waals surface area contributed by atoms with Gasteiger partial charge in [-0.2, -0.15) is 0 Å². The molecule has 0 aromatic heterocycles. The normalized spacial score (nSPS) is 17.8. The van der Waals surface area contributed by atoms with Crippen LogP contribution in [0.5, 0.6) is 0 Å². The summed E-state index contributed by atoms with van der Waals surface area (Å²) in [4.78, 5) is 12.7. The van der Waals surface area contributed by atoms with Crippen molar-refractivity contribution >= 4 is 15.9 Å². The Morgan fingerprint density at radius 1 is 1.12 bits per heavy atom. The van der Waals surface area contributed by atoms with Gasteiger partial charge in [-0.1, -0.05) is 43.3 Å². The van der Waals surface area contributed by atoms with Crippen molar-refractivity contribution in [3.05, 3.63) is 65.2 Å². The molecular weight excluding hydrogens is 324 g/mol. The minimum Gasteiger partial charge on any atom is -0.349 e. The van der Waals surface area contributed by atoms with Gasteiger partial charge in [0.15, 0.2) is 0 Å². The minimum absolute atomic E-state index is 0.0807. The number of benzene rings is 2. The molecule has 1 amide bonds. The van der Waals surface area contributed by atoms with Crippen LogP contribution in [-0.4, -0.2) is 20.4 Å². The van der Waals surface area contributed by atoms with E-state index in [1.54, 1.807) is 12.1 Å². The van der Waals surface area contributed by atoms with E-state index in [-0.39, 0.29) is 29.3 Å². The zero-order valence-electron chi connectivity index (χ0n) is 13.6. The third-order valence-corrected chi connectivity index (χ3v) is 5.99. The molecule has 5 nitrogen and oxygen atoms in total. The Kier molecular flexibility index (Phi) is 4.43. The zero-order chi connectivity index (χ0) is 17.3. The van der Waals surface area contributed by atoms with Crippen LogP contribution >= 0.6 is 0 Å². The Labute approximate surface area is 142 Å². The Morgan fingerprint density at radius 3 is 2.54 bits per heavy atom. The highest BCUT2D eigenvalue weighted by Crippen LogP contribution is 2.24. The van der Waals surface area contributed by atoms with E-state index in [1.807, 2.05) is 37.3 Å². The average Bonchev–Trinajstić information content (AvgIpc) is 2.89. The maximum Gasteiger partial charge on any atom is 0.251 e. The topological polar surface area (TPSA) is 75.3 Å². The van der Waals surface area contributed by atoms with Crippen molar-refractivity contribution in [2.75, 3.05) is 0 Å². The molecule has 0 saturated carbocycles. The second kappa shape index (κ2) is 6.37. The predicted molar refractivity (Wildman–Crippen MR) is 92.3 cm³/mol. The molecule has 0 saturated heterocycles. The van der Waals surface area contributed by atoms with Crippen LogP contribution in [0.2, 0.25) is 0 Å². The molecule has 24 heavy (non-hydrogen) atoms. The van der Waals surface area contributed by atoms with Crippen molar-refractivity contribution in [2.45, 2.75) is 37.2 Å². The molecule has 6 heteroatoms. The Balaban J connectivity index is 1.76. The molecule has 2 unspecified atom stereocenters. The van der Waals surface area contributed by atoms with E-state index in [0.717, 1.165) is 5.56 Å². The smallest absolute Gasteiger partial charge is 0.251 e. The molecule has 1 heterocycles. The van der Waals surface area contributed by atoms with E-state index in [4.69, 9.17) is 0 Å². The molecule has 0 bridgehead atoms. The molecule has 0 spiro atoms. The Morgan fingerprint density at radius 2 is 1.83 bits per heavy atom. The fourth-order valence-corrected chi connectivity index (χ4v) is 4.07. The van der Waals surface area contributed by atoms with Crippen LogP contribution in [0.15, 0.2) is 53.4 Å². The van der Waals surface area contributed by atoms with Crippen molar-refractivity contribution in [3.63, 3.8) is 0 Å². The van der Waals surface area contributed by atoms with Crippen molar-refractivity contribution in [3.8, 4) is 0 Å². The lowest BCUT2D eigenvalue weighted by Crippen LogP contribution is -2.36. The van der Waals surface area contributed by atoms with Crippen molar-refractivity contribution in [2.24, 2.45) is 0 Å². The minimum atomic E-state index is -3.48. The summed E-state index contributed by atoms with van der Waals surface area (Å²) in [5, 5.41) is 2.96. The number of hydrogen-bond donors (Lipinski definition) is 2. The Bertz CT molecular complexity index is 863. The highest BCUT2D eigenvalue weighted by molar-refractivity contribution is 7.89. The van der Waals surface area contributed by atoms with Gasteiger partial charge in [0, 0.05) is 24.1 Å². The van der Waals surface area contributed by atoms with Gasteiger partial charge >= 0.3 is 0 Å². The summed E-state index contributed by atoms with van der Waals surface area (Å²) >= 11 is 0. The maximum atomic E-state index is 12.5. The Hall–Kier alpha value is -2.18. The molecule has 3 rings (SSSR count). The van der Waals surface area contributed by atoms with Crippen LogP contribution in [0.3, 0.4) is 0 Å². The largest absolute Gasteiger partial charge is 0.349 e. The molecular formula is C18H20N2O3S. The van der Waals surface area contributed by atoms with Crippen molar-refractivity contribution < 1.29 is 13.2 Å². The number of fused-ring (bicyclic) bond motifs is 1. The average molecular weight is 344 g/mol. The summed E-state index contributed by atoms with van der Waals surface area (Å²) in [7, 11) is -3.48. The van der Waals surface area contributed by atoms with Gasteiger partial charge in [0.05, 0.1) is 4.90 Å². The molecule has 2 aromatic rings. The first-order chi connectivity index (χ1) is 11.4. The molecule has 0 aliphatic carbocycles. The number of rotatable bonds is 4. The number of amides is 1. The van der Waals surface area contributed by atoms with Crippen LogP contribution < -0.4 is 10.0 Å². The van der Waals surface area contributed by atoms with Crippen LogP contribution in [0, 0.1) is 0 Å². The SMILES string of the molecule is CC(NC(=O)c1ccc2c(c1)S(=O)(=O)NC2)C(C)c1ccccc1. The maximum absolute atomic E-state index is 12.5. The summed E-state index contributed by atoms with van der Waals surface area (Å²) in [5.74, 6) is -0.120. The fraction of sp³-hybridized carbons (Fsp3) is 0.278. The monoisotopic (exact) mass is 344 g/mol. The third kappa shape index (κ3) is 3.20. The van der Waals surface area contributed by atoms with Crippen LogP contribution in [0.1, 0.15) is 41.3 Å². The fourth-order valence-electron chi connectivity index (χ4n) is 2.80. The predicted octanol–water partition coefficient (Wildman–Crippen LogP) is 2.40. The standard InChI is InChI=1S/C18H20N2O3S/c1-12(14-6-4-3-5-7-14)13(2)20-18(21)15-8-9-16-11-19-24(22,23)17(16)10-15/h3-10,12-13,19H,11H2,1-2H3,(H,20,21). The second-order valence-electron chi connectivity index (χ2n) is 6.11. The van der Waals surface area contributed by atoms with E-state index in [0.29, 0.717) is 11.1 Å². The summed E-state index contributed by atoms with van der Waals surface area (Å²) in [5.41, 5.74) is 2.19. The highest BCUT2D eigenvalue weighted by atomic mass is 32.2. The third-order valence-electron chi connectivity index (χ3n) is 4.51. The molecule has 0 radical (unpaired) electrons. The van der Waals surface area contributed by atoms with Gasteiger partial charge in [-0.25, -0.2) is 13.1 Å². The van der Waals surface area contributed by atoms with Crippen molar-refractivity contribution in [1.29, 1.82) is 0 Å². The first-order valence-corrected chi connectivity index (χ1v) is 9.35. The van der Waals surface area contributed by atoms with E-state index >= 15 is 0 Å². The first kappa shape index (κ1) is 16.7. The van der Waals surface area contributed by atoms with Gasteiger partial charge in [0.2, 0.25) is 10.0 Å². The molecule has 1 aliphatic rings. The van der Waals surface area contributed by atoms with E-state index < -0.39 is 10.0 Å². The summed E-state index contributed by atoms with van der Waals surface area (Å²) in [6.45, 7) is 4.28. The van der Waals surface area contributed by atoms with E-state index in [1.165, 1.54) is 6.07 Å². The van der Waals surface area contributed by atoms with E-state index in [2.05, 4.69) is 17.0 Å². The summed E-state index contributed by atoms with van der Waals surface area (Å²) in [6.07, 6.45) is 0. The molecule has 126 valence electrons. The number of carbonyl (C=O) groups excluding carboxylic acids is 1. The van der Waals surface area contributed by atoms with Crippen LogP contribution in [0.4, 0.5) is 0 Å². The highest BCUT2D eigenvalue weighted by Gasteiger charge is 2.27. The number of carbonyl (C=O) groups is 1. The zero-order valence-corrected chi connectivity index (χ0v) is 14.4. The van der Waals surface area contributed by atoms with E-state index in [9.17, 15) is 13.2 Å². The van der Waals surface area contributed by atoms with Gasteiger partial charge in [0.25, 0.3) is 5.91 Å². The summed E-state index contributed by atoms with van der Waals surface area (Å²) < 4.78 is 26.2. The quantitative estimate of drug-likeness (QED) is 0.894. The van der Waals surface area contributed by atoms with Crippen LogP contribution in [-0.2, 0) is 16.6 Å². The second-order valence-corrected chi connectivity index (χ2v) is 7.84. The van der Waals surface area contributed by atoms with Crippen LogP contribution in [0.25, 0.3) is 0 Å². The van der Waals surface area contributed by atoms with Gasteiger partial charge in [-0.15, -0.1) is 0 Å². The van der Waals surface area contributed by atoms with Gasteiger partial charge in [0.1, 0.15) is 0 Å². The number of sulfonamides is 1. The number of hydrogen-bond acceptors (Lipinski definition) is 3.